The highest BCUT2D eigenvalue weighted by Crippen LogP contribution is 2.41. The molecule has 0 bridgehead atoms. The topological polar surface area (TPSA) is 83.4 Å². The Balaban J connectivity index is 1.81. The Kier molecular flexibility index (Phi) is 5.93. The maximum absolute atomic E-state index is 13.5. The van der Waals surface area contributed by atoms with E-state index < -0.39 is 17.7 Å². The molecule has 31 heavy (non-hydrogen) atoms. The molecule has 1 aliphatic rings. The molecule has 6 nitrogen and oxygen atoms in total. The number of aromatic nitrogens is 2. The Morgan fingerprint density at radius 1 is 1.23 bits per heavy atom. The normalized spacial score (nSPS) is 16.3. The first kappa shape index (κ1) is 21.3. The molecule has 3 aromatic rings. The number of carbonyl (C=O) groups is 2. The molecule has 0 radical (unpaired) electrons. The molecule has 0 saturated carbocycles. The van der Waals surface area contributed by atoms with Crippen molar-refractivity contribution >= 4 is 34.8 Å². The molecular formula is C23H21N3O3S2. The van der Waals surface area contributed by atoms with Crippen molar-refractivity contribution in [3.8, 4) is 0 Å². The van der Waals surface area contributed by atoms with Crippen LogP contribution in [0.3, 0.4) is 0 Å². The lowest BCUT2D eigenvalue weighted by molar-refractivity contribution is -0.130. The second-order valence-electron chi connectivity index (χ2n) is 7.21. The van der Waals surface area contributed by atoms with Crippen LogP contribution in [0.1, 0.15) is 37.5 Å². The van der Waals surface area contributed by atoms with Crippen LogP contribution in [0.15, 0.2) is 65.0 Å². The summed E-state index contributed by atoms with van der Waals surface area (Å²) in [5.41, 5.74) is 2.27. The first-order valence-electron chi connectivity index (χ1n) is 9.66. The minimum atomic E-state index is -0.696. The lowest BCUT2D eigenvalue weighted by Gasteiger charge is -2.27. The van der Waals surface area contributed by atoms with E-state index in [2.05, 4.69) is 9.97 Å². The fourth-order valence-corrected chi connectivity index (χ4v) is 5.02. The van der Waals surface area contributed by atoms with Crippen LogP contribution in [0.4, 0.5) is 0 Å². The second-order valence-corrected chi connectivity index (χ2v) is 9.29. The summed E-state index contributed by atoms with van der Waals surface area (Å²) in [4.78, 5) is 38.1. The van der Waals surface area contributed by atoms with Gasteiger partial charge in [-0.15, -0.1) is 23.1 Å². The maximum atomic E-state index is 13.5. The second kappa shape index (κ2) is 8.64. The molecule has 1 atom stereocenters. The van der Waals surface area contributed by atoms with Gasteiger partial charge in [-0.3, -0.25) is 14.6 Å². The van der Waals surface area contributed by atoms with Gasteiger partial charge in [-0.05, 0) is 49.4 Å². The fraction of sp³-hybridized carbons (Fsp3) is 0.217. The molecule has 2 aromatic heterocycles. The monoisotopic (exact) mass is 451 g/mol. The number of thiazole rings is 1. The van der Waals surface area contributed by atoms with Gasteiger partial charge in [-0.25, -0.2) is 4.98 Å². The predicted molar refractivity (Wildman–Crippen MR) is 121 cm³/mol. The molecule has 0 fully saturated rings. The average Bonchev–Trinajstić information content (AvgIpc) is 3.24. The number of aliphatic hydroxyl groups is 1. The minimum absolute atomic E-state index is 0.0949. The van der Waals surface area contributed by atoms with Crippen molar-refractivity contribution in [3.63, 3.8) is 0 Å². The van der Waals surface area contributed by atoms with E-state index in [9.17, 15) is 14.7 Å². The number of benzene rings is 1. The Labute approximate surface area is 188 Å². The number of hydrogen-bond donors (Lipinski definition) is 1. The molecule has 4 rings (SSSR count). The minimum Gasteiger partial charge on any atom is -0.503 e. The Hall–Kier alpha value is -2.97. The van der Waals surface area contributed by atoms with Gasteiger partial charge in [0.25, 0.3) is 5.91 Å². The Morgan fingerprint density at radius 3 is 2.55 bits per heavy atom. The van der Waals surface area contributed by atoms with Gasteiger partial charge in [-0.1, -0.05) is 18.2 Å². The van der Waals surface area contributed by atoms with Gasteiger partial charge in [0.05, 0.1) is 27.2 Å². The number of thioether (sulfide) groups is 1. The summed E-state index contributed by atoms with van der Waals surface area (Å²) in [5, 5.41) is 11.6. The van der Waals surface area contributed by atoms with Crippen molar-refractivity contribution in [1.29, 1.82) is 0 Å². The number of rotatable bonds is 6. The molecule has 0 spiro atoms. The van der Waals surface area contributed by atoms with Crippen LogP contribution in [-0.4, -0.2) is 37.9 Å². The van der Waals surface area contributed by atoms with Crippen molar-refractivity contribution in [2.45, 2.75) is 31.3 Å². The number of aliphatic hydroxyl groups excluding tert-OH is 1. The zero-order chi connectivity index (χ0) is 22.1. The van der Waals surface area contributed by atoms with Crippen LogP contribution < -0.4 is 0 Å². The first-order chi connectivity index (χ1) is 14.9. The third kappa shape index (κ3) is 4.00. The molecule has 1 aliphatic heterocycles. The number of aryl methyl sites for hydroxylation is 2. The van der Waals surface area contributed by atoms with Crippen molar-refractivity contribution in [3.05, 3.63) is 86.8 Å². The van der Waals surface area contributed by atoms with Gasteiger partial charge in [0.1, 0.15) is 0 Å². The van der Waals surface area contributed by atoms with Gasteiger partial charge in [0, 0.05) is 23.8 Å². The van der Waals surface area contributed by atoms with Crippen LogP contribution in [-0.2, 0) is 11.3 Å². The SMILES string of the molecule is CSc1ccc([C@H]2C(C(=O)c3sc(C)nc3C)=C(O)C(=O)N2Cc2cccnc2)cc1. The standard InChI is InChI=1S/C23H21N3O3S2/c1-13-22(31-14(2)25-13)20(27)18-19(16-6-8-17(30-3)9-7-16)26(23(29)21(18)28)12-15-5-4-10-24-11-15/h4-11,19,28H,12H2,1-3H3/t19-/m0/s1. The quantitative estimate of drug-likeness (QED) is 0.434. The zero-order valence-electron chi connectivity index (χ0n) is 17.3. The van der Waals surface area contributed by atoms with Crippen molar-refractivity contribution < 1.29 is 14.7 Å². The van der Waals surface area contributed by atoms with E-state index in [1.807, 2.05) is 43.5 Å². The number of hydrogen-bond acceptors (Lipinski definition) is 7. The van der Waals surface area contributed by atoms with Crippen molar-refractivity contribution in [1.82, 2.24) is 14.9 Å². The number of ketones is 1. The summed E-state index contributed by atoms with van der Waals surface area (Å²) < 4.78 is 0. The summed E-state index contributed by atoms with van der Waals surface area (Å²) >= 11 is 2.88. The first-order valence-corrected chi connectivity index (χ1v) is 11.7. The lowest BCUT2D eigenvalue weighted by atomic mass is 9.95. The summed E-state index contributed by atoms with van der Waals surface area (Å²) in [7, 11) is 0. The summed E-state index contributed by atoms with van der Waals surface area (Å²) in [6.07, 6.45) is 5.32. The molecule has 0 unspecified atom stereocenters. The summed E-state index contributed by atoms with van der Waals surface area (Å²) in [5.74, 6) is -1.43. The maximum Gasteiger partial charge on any atom is 0.290 e. The van der Waals surface area contributed by atoms with E-state index in [1.165, 1.54) is 16.2 Å². The molecule has 1 aromatic carbocycles. The van der Waals surface area contributed by atoms with E-state index >= 15 is 0 Å². The van der Waals surface area contributed by atoms with Crippen LogP contribution in [0.5, 0.6) is 0 Å². The molecular weight excluding hydrogens is 430 g/mol. The average molecular weight is 452 g/mol. The molecule has 158 valence electrons. The molecule has 3 heterocycles. The predicted octanol–water partition coefficient (Wildman–Crippen LogP) is 4.66. The molecule has 0 aliphatic carbocycles. The largest absolute Gasteiger partial charge is 0.503 e. The molecule has 1 N–H and O–H groups in total. The number of amides is 1. The third-order valence-electron chi connectivity index (χ3n) is 5.17. The molecule has 0 saturated heterocycles. The fourth-order valence-electron chi connectivity index (χ4n) is 3.73. The Morgan fingerprint density at radius 2 is 1.97 bits per heavy atom. The van der Waals surface area contributed by atoms with Crippen molar-refractivity contribution in [2.75, 3.05) is 6.26 Å². The van der Waals surface area contributed by atoms with Crippen LogP contribution >= 0.6 is 23.1 Å². The van der Waals surface area contributed by atoms with E-state index in [4.69, 9.17) is 0 Å². The number of carbonyl (C=O) groups excluding carboxylic acids is 2. The third-order valence-corrected chi connectivity index (χ3v) is 6.98. The number of nitrogens with zero attached hydrogens (tertiary/aromatic N) is 3. The van der Waals surface area contributed by atoms with Gasteiger partial charge in [0.15, 0.2) is 5.76 Å². The van der Waals surface area contributed by atoms with Gasteiger partial charge < -0.3 is 10.0 Å². The van der Waals surface area contributed by atoms with Crippen LogP contribution in [0, 0.1) is 13.8 Å². The van der Waals surface area contributed by atoms with Crippen LogP contribution in [0.25, 0.3) is 0 Å². The highest BCUT2D eigenvalue weighted by Gasteiger charge is 2.44. The zero-order valence-corrected chi connectivity index (χ0v) is 19.0. The van der Waals surface area contributed by atoms with E-state index in [1.54, 1.807) is 37.1 Å². The lowest BCUT2D eigenvalue weighted by Crippen LogP contribution is -2.30. The van der Waals surface area contributed by atoms with Crippen molar-refractivity contribution in [2.24, 2.45) is 0 Å². The van der Waals surface area contributed by atoms with Crippen LogP contribution in [0.2, 0.25) is 0 Å². The summed E-state index contributed by atoms with van der Waals surface area (Å²) in [6, 6.07) is 10.7. The van der Waals surface area contributed by atoms with Gasteiger partial charge >= 0.3 is 0 Å². The molecule has 8 heteroatoms. The van der Waals surface area contributed by atoms with Gasteiger partial charge in [-0.2, -0.15) is 0 Å². The van der Waals surface area contributed by atoms with E-state index in [0.29, 0.717) is 10.6 Å². The highest BCUT2D eigenvalue weighted by molar-refractivity contribution is 7.98. The number of Topliss-reactive ketones (excluding diaryl/α,β-unsaturated/α-hetero) is 1. The van der Waals surface area contributed by atoms with Gasteiger partial charge in [0.2, 0.25) is 5.78 Å². The Bertz CT molecular complexity index is 1170. The highest BCUT2D eigenvalue weighted by atomic mass is 32.2. The summed E-state index contributed by atoms with van der Waals surface area (Å²) in [6.45, 7) is 3.82. The van der Waals surface area contributed by atoms with E-state index in [0.717, 1.165) is 21.0 Å². The smallest absolute Gasteiger partial charge is 0.290 e. The van der Waals surface area contributed by atoms with E-state index in [-0.39, 0.29) is 17.9 Å². The number of pyridine rings is 1. The molecule has 1 amide bonds.